The number of rotatable bonds is 1. The van der Waals surface area contributed by atoms with Crippen LogP contribution in [0.25, 0.3) is 0 Å². The van der Waals surface area contributed by atoms with E-state index in [0.717, 1.165) is 30.7 Å². The molecule has 20 heavy (non-hydrogen) atoms. The molecule has 106 valence electrons. The second-order valence-electron chi connectivity index (χ2n) is 4.85. The van der Waals surface area contributed by atoms with E-state index in [1.165, 1.54) is 0 Å². The zero-order valence-corrected chi connectivity index (χ0v) is 11.8. The summed E-state index contributed by atoms with van der Waals surface area (Å²) in [5.74, 6) is 5.86. The average Bonchev–Trinajstić information content (AvgIpc) is 2.72. The summed E-state index contributed by atoms with van der Waals surface area (Å²) in [5.41, 5.74) is 7.94. The largest absolute Gasteiger partial charge is 0.380 e. The van der Waals surface area contributed by atoms with Crippen molar-refractivity contribution in [3.8, 4) is 11.8 Å². The number of ether oxygens (including phenoxy) is 1. The monoisotopic (exact) mass is 272 g/mol. The van der Waals surface area contributed by atoms with Crippen molar-refractivity contribution in [1.29, 1.82) is 0 Å². The number of amides is 1. The van der Waals surface area contributed by atoms with Crippen LogP contribution in [0.2, 0.25) is 0 Å². The fraction of sp³-hybridized carbons (Fsp3) is 0.438. The summed E-state index contributed by atoms with van der Waals surface area (Å²) in [4.78, 5) is 14.4. The second kappa shape index (κ2) is 7.09. The van der Waals surface area contributed by atoms with E-state index in [0.29, 0.717) is 25.3 Å². The fourth-order valence-corrected chi connectivity index (χ4v) is 2.26. The number of nitrogens with zero attached hydrogens (tertiary/aromatic N) is 1. The summed E-state index contributed by atoms with van der Waals surface area (Å²) in [6.07, 6.45) is 0.886. The van der Waals surface area contributed by atoms with Crippen LogP contribution in [0.3, 0.4) is 0 Å². The highest BCUT2D eigenvalue weighted by Crippen LogP contribution is 2.13. The minimum Gasteiger partial charge on any atom is -0.380 e. The van der Waals surface area contributed by atoms with Crippen molar-refractivity contribution in [2.24, 2.45) is 5.73 Å². The van der Waals surface area contributed by atoms with Gasteiger partial charge in [0.25, 0.3) is 5.91 Å². The molecule has 0 radical (unpaired) electrons. The fourth-order valence-electron chi connectivity index (χ4n) is 2.26. The van der Waals surface area contributed by atoms with Gasteiger partial charge in [0, 0.05) is 30.8 Å². The minimum absolute atomic E-state index is 0.0509. The van der Waals surface area contributed by atoms with Gasteiger partial charge in [0.05, 0.1) is 13.2 Å². The molecule has 0 spiro atoms. The van der Waals surface area contributed by atoms with Crippen LogP contribution in [-0.4, -0.2) is 43.7 Å². The zero-order chi connectivity index (χ0) is 14.4. The van der Waals surface area contributed by atoms with E-state index in [-0.39, 0.29) is 5.91 Å². The van der Waals surface area contributed by atoms with Gasteiger partial charge in [-0.2, -0.15) is 0 Å². The lowest BCUT2D eigenvalue weighted by atomic mass is 10.1. The Bertz CT molecular complexity index is 535. The van der Waals surface area contributed by atoms with Crippen LogP contribution in [0, 0.1) is 18.8 Å². The van der Waals surface area contributed by atoms with Gasteiger partial charge < -0.3 is 15.4 Å². The minimum atomic E-state index is 0.0509. The summed E-state index contributed by atoms with van der Waals surface area (Å²) >= 11 is 0. The van der Waals surface area contributed by atoms with E-state index < -0.39 is 0 Å². The van der Waals surface area contributed by atoms with Crippen molar-refractivity contribution < 1.29 is 9.53 Å². The van der Waals surface area contributed by atoms with Crippen molar-refractivity contribution in [1.82, 2.24) is 4.90 Å². The highest BCUT2D eigenvalue weighted by molar-refractivity contribution is 5.94. The van der Waals surface area contributed by atoms with Gasteiger partial charge in [-0.25, -0.2) is 0 Å². The molecule has 1 aliphatic rings. The maximum absolute atomic E-state index is 12.5. The molecule has 0 saturated carbocycles. The molecule has 1 amide bonds. The Morgan fingerprint density at radius 1 is 1.35 bits per heavy atom. The van der Waals surface area contributed by atoms with Crippen LogP contribution in [0.15, 0.2) is 18.2 Å². The van der Waals surface area contributed by atoms with Crippen LogP contribution in [0.4, 0.5) is 0 Å². The van der Waals surface area contributed by atoms with Crippen molar-refractivity contribution >= 4 is 5.91 Å². The lowest BCUT2D eigenvalue weighted by Gasteiger charge is -2.20. The number of hydrogen-bond acceptors (Lipinski definition) is 3. The Balaban J connectivity index is 2.22. The average molecular weight is 272 g/mol. The van der Waals surface area contributed by atoms with Gasteiger partial charge in [-0.15, -0.1) is 0 Å². The number of carbonyl (C=O) groups excluding carboxylic acids is 1. The molecule has 1 aromatic carbocycles. The summed E-state index contributed by atoms with van der Waals surface area (Å²) in [6, 6.07) is 5.70. The molecule has 1 aliphatic heterocycles. The van der Waals surface area contributed by atoms with Gasteiger partial charge in [-0.1, -0.05) is 11.8 Å². The second-order valence-corrected chi connectivity index (χ2v) is 4.85. The predicted octanol–water partition coefficient (Wildman–Crippen LogP) is 1.17. The Hall–Kier alpha value is -1.83. The summed E-state index contributed by atoms with van der Waals surface area (Å²) in [7, 11) is 0. The highest BCUT2D eigenvalue weighted by atomic mass is 16.5. The molecule has 2 N–H and O–H groups in total. The van der Waals surface area contributed by atoms with Gasteiger partial charge >= 0.3 is 0 Å². The number of hydrogen-bond donors (Lipinski definition) is 1. The van der Waals surface area contributed by atoms with Crippen LogP contribution in [-0.2, 0) is 4.74 Å². The van der Waals surface area contributed by atoms with E-state index in [1.54, 1.807) is 0 Å². The molecule has 0 unspecified atom stereocenters. The number of benzene rings is 1. The molecular formula is C16H20N2O2. The molecular weight excluding hydrogens is 252 g/mol. The quantitative estimate of drug-likeness (QED) is 0.781. The van der Waals surface area contributed by atoms with E-state index >= 15 is 0 Å². The van der Waals surface area contributed by atoms with Gasteiger partial charge in [-0.05, 0) is 37.1 Å². The molecule has 4 nitrogen and oxygen atoms in total. The first-order valence-corrected chi connectivity index (χ1v) is 6.88. The normalized spacial score (nSPS) is 15.2. The van der Waals surface area contributed by atoms with Crippen molar-refractivity contribution in [2.45, 2.75) is 13.3 Å². The van der Waals surface area contributed by atoms with Gasteiger partial charge in [0.2, 0.25) is 0 Å². The lowest BCUT2D eigenvalue weighted by Crippen LogP contribution is -2.33. The van der Waals surface area contributed by atoms with Crippen molar-refractivity contribution in [3.63, 3.8) is 0 Å². The maximum Gasteiger partial charge on any atom is 0.253 e. The molecule has 1 saturated heterocycles. The van der Waals surface area contributed by atoms with Gasteiger partial charge in [0.15, 0.2) is 0 Å². The maximum atomic E-state index is 12.5. The van der Waals surface area contributed by atoms with Gasteiger partial charge in [-0.3, -0.25) is 4.79 Å². The van der Waals surface area contributed by atoms with E-state index in [4.69, 9.17) is 10.5 Å². The Morgan fingerprint density at radius 2 is 2.20 bits per heavy atom. The molecule has 1 aromatic rings. The summed E-state index contributed by atoms with van der Waals surface area (Å²) < 4.78 is 5.38. The zero-order valence-electron chi connectivity index (χ0n) is 11.8. The molecule has 1 heterocycles. The topological polar surface area (TPSA) is 55.6 Å². The van der Waals surface area contributed by atoms with E-state index in [1.807, 2.05) is 30.0 Å². The highest BCUT2D eigenvalue weighted by Gasteiger charge is 2.17. The molecule has 2 rings (SSSR count). The SMILES string of the molecule is Cc1cc(C#CCN)cc(C(=O)N2CCCOCC2)c1. The molecule has 0 bridgehead atoms. The Kier molecular flexibility index (Phi) is 5.16. The van der Waals surface area contributed by atoms with Crippen molar-refractivity contribution in [3.05, 3.63) is 34.9 Å². The summed E-state index contributed by atoms with van der Waals surface area (Å²) in [6.45, 7) is 5.02. The third-order valence-corrected chi connectivity index (χ3v) is 3.17. The third-order valence-electron chi connectivity index (χ3n) is 3.17. The van der Waals surface area contributed by atoms with Crippen molar-refractivity contribution in [2.75, 3.05) is 32.8 Å². The van der Waals surface area contributed by atoms with Crippen LogP contribution in [0.1, 0.15) is 27.9 Å². The number of nitrogens with two attached hydrogens (primary N) is 1. The molecule has 1 fully saturated rings. The van der Waals surface area contributed by atoms with Gasteiger partial charge in [0.1, 0.15) is 0 Å². The Morgan fingerprint density at radius 3 is 3.00 bits per heavy atom. The Labute approximate surface area is 119 Å². The van der Waals surface area contributed by atoms with E-state index in [2.05, 4.69) is 11.8 Å². The first kappa shape index (κ1) is 14.6. The third kappa shape index (κ3) is 3.83. The first-order valence-electron chi connectivity index (χ1n) is 6.88. The molecule has 0 aliphatic carbocycles. The molecule has 0 aromatic heterocycles. The first-order chi connectivity index (χ1) is 9.70. The summed E-state index contributed by atoms with van der Waals surface area (Å²) in [5, 5.41) is 0. The predicted molar refractivity (Wildman–Crippen MR) is 78.5 cm³/mol. The molecule has 4 heteroatoms. The molecule has 0 atom stereocenters. The van der Waals surface area contributed by atoms with Crippen LogP contribution in [0.5, 0.6) is 0 Å². The lowest BCUT2D eigenvalue weighted by molar-refractivity contribution is 0.0741. The smallest absolute Gasteiger partial charge is 0.253 e. The number of aryl methyl sites for hydroxylation is 1. The van der Waals surface area contributed by atoms with Crippen LogP contribution < -0.4 is 5.73 Å². The van der Waals surface area contributed by atoms with E-state index in [9.17, 15) is 4.79 Å². The number of carbonyl (C=O) groups is 1. The van der Waals surface area contributed by atoms with Crippen LogP contribution >= 0.6 is 0 Å². The standard InChI is InChI=1S/C16H20N2O2/c1-13-10-14(4-2-5-17)12-15(11-13)16(19)18-6-3-8-20-9-7-18/h10-12H,3,5-9,17H2,1H3.